The van der Waals surface area contributed by atoms with Crippen LogP contribution in [0.25, 0.3) is 0 Å². The lowest BCUT2D eigenvalue weighted by Crippen LogP contribution is -2.26. The molecular formula is C19H25N3O2S. The number of amides is 1. The van der Waals surface area contributed by atoms with Crippen LogP contribution in [0.2, 0.25) is 0 Å². The molecule has 3 rings (SSSR count). The largest absolute Gasteiger partial charge is 0.496 e. The summed E-state index contributed by atoms with van der Waals surface area (Å²) in [5.41, 5.74) is 2.13. The highest BCUT2D eigenvalue weighted by Crippen LogP contribution is 2.24. The quantitative estimate of drug-likeness (QED) is 0.787. The minimum absolute atomic E-state index is 0.0703. The molecule has 1 aromatic heterocycles. The average Bonchev–Trinajstić information content (AvgIpc) is 3.31. The Morgan fingerprint density at radius 3 is 2.88 bits per heavy atom. The summed E-state index contributed by atoms with van der Waals surface area (Å²) in [5.74, 6) is 0.910. The topological polar surface area (TPSA) is 54.5 Å². The van der Waals surface area contributed by atoms with E-state index in [0.717, 1.165) is 41.6 Å². The van der Waals surface area contributed by atoms with Crippen LogP contribution in [0.3, 0.4) is 0 Å². The Hall–Kier alpha value is -2.08. The number of aryl methyl sites for hydroxylation is 1. The third kappa shape index (κ3) is 4.95. The number of methoxy groups -OCH3 is 1. The number of ether oxygens (including phenoxy) is 1. The molecule has 1 amide bonds. The van der Waals surface area contributed by atoms with E-state index in [1.54, 1.807) is 18.4 Å². The molecule has 2 aromatic rings. The van der Waals surface area contributed by atoms with Crippen LogP contribution >= 0.6 is 11.3 Å². The molecule has 0 unspecified atom stereocenters. The van der Waals surface area contributed by atoms with E-state index in [2.05, 4.69) is 20.6 Å². The van der Waals surface area contributed by atoms with E-state index in [-0.39, 0.29) is 5.91 Å². The lowest BCUT2D eigenvalue weighted by molar-refractivity contribution is -0.121. The summed E-state index contributed by atoms with van der Waals surface area (Å²) in [5, 5.41) is 6.22. The third-order valence-corrected chi connectivity index (χ3v) is 5.38. The highest BCUT2D eigenvalue weighted by atomic mass is 32.1. The molecule has 1 saturated heterocycles. The van der Waals surface area contributed by atoms with Crippen molar-refractivity contribution in [3.8, 4) is 5.75 Å². The first-order valence-corrected chi connectivity index (χ1v) is 9.72. The van der Waals surface area contributed by atoms with Crippen LogP contribution in [0, 0.1) is 0 Å². The number of carbonyl (C=O) groups is 1. The minimum Gasteiger partial charge on any atom is -0.496 e. The van der Waals surface area contributed by atoms with Gasteiger partial charge in [0.15, 0.2) is 5.13 Å². The first-order chi connectivity index (χ1) is 12.3. The van der Waals surface area contributed by atoms with Crippen LogP contribution in [-0.2, 0) is 17.6 Å². The predicted octanol–water partition coefficient (Wildman–Crippen LogP) is 3.04. The fourth-order valence-electron chi connectivity index (χ4n) is 3.04. The summed E-state index contributed by atoms with van der Waals surface area (Å²) in [6.07, 6.45) is 4.46. The zero-order valence-corrected chi connectivity index (χ0v) is 15.5. The van der Waals surface area contributed by atoms with E-state index in [4.69, 9.17) is 4.74 Å². The Kier molecular flexibility index (Phi) is 6.28. The fourth-order valence-corrected chi connectivity index (χ4v) is 3.95. The molecule has 1 N–H and O–H groups in total. The summed E-state index contributed by atoms with van der Waals surface area (Å²) < 4.78 is 5.32. The number of aromatic nitrogens is 1. The normalized spacial score (nSPS) is 13.9. The molecule has 25 heavy (non-hydrogen) atoms. The van der Waals surface area contributed by atoms with E-state index >= 15 is 0 Å². The number of carbonyl (C=O) groups excluding carboxylic acids is 1. The fraction of sp³-hybridized carbons (Fsp3) is 0.474. The van der Waals surface area contributed by atoms with Gasteiger partial charge >= 0.3 is 0 Å². The van der Waals surface area contributed by atoms with Gasteiger partial charge in [0.2, 0.25) is 5.91 Å². The summed E-state index contributed by atoms with van der Waals surface area (Å²) in [4.78, 5) is 19.1. The number of rotatable bonds is 8. The van der Waals surface area contributed by atoms with E-state index < -0.39 is 0 Å². The molecule has 0 aliphatic carbocycles. The minimum atomic E-state index is 0.0703. The summed E-state index contributed by atoms with van der Waals surface area (Å²) in [6.45, 7) is 2.87. The van der Waals surface area contributed by atoms with Gasteiger partial charge in [0.05, 0.1) is 12.8 Å². The van der Waals surface area contributed by atoms with E-state index in [0.29, 0.717) is 19.4 Å². The van der Waals surface area contributed by atoms with E-state index in [9.17, 15) is 4.79 Å². The van der Waals surface area contributed by atoms with Gasteiger partial charge in [-0.1, -0.05) is 18.2 Å². The van der Waals surface area contributed by atoms with Crippen molar-refractivity contribution < 1.29 is 9.53 Å². The number of hydrogen-bond donors (Lipinski definition) is 1. The van der Waals surface area contributed by atoms with Crippen molar-refractivity contribution in [1.29, 1.82) is 0 Å². The summed E-state index contributed by atoms with van der Waals surface area (Å²) in [7, 11) is 1.66. The van der Waals surface area contributed by atoms with Crippen molar-refractivity contribution in [2.45, 2.75) is 32.1 Å². The van der Waals surface area contributed by atoms with Crippen LogP contribution in [0.5, 0.6) is 5.75 Å². The van der Waals surface area contributed by atoms with Crippen molar-refractivity contribution in [3.05, 3.63) is 40.9 Å². The molecule has 0 saturated carbocycles. The predicted molar refractivity (Wildman–Crippen MR) is 102 cm³/mol. The van der Waals surface area contributed by atoms with Gasteiger partial charge < -0.3 is 15.0 Å². The van der Waals surface area contributed by atoms with Gasteiger partial charge in [0, 0.05) is 37.9 Å². The zero-order chi connectivity index (χ0) is 17.5. The van der Waals surface area contributed by atoms with Crippen molar-refractivity contribution >= 4 is 22.4 Å². The molecule has 0 bridgehead atoms. The van der Waals surface area contributed by atoms with Crippen molar-refractivity contribution in [1.82, 2.24) is 10.3 Å². The van der Waals surface area contributed by atoms with Gasteiger partial charge in [-0.15, -0.1) is 11.3 Å². The van der Waals surface area contributed by atoms with Gasteiger partial charge in [-0.2, -0.15) is 0 Å². The maximum absolute atomic E-state index is 12.0. The van der Waals surface area contributed by atoms with Crippen LogP contribution in [-0.4, -0.2) is 37.6 Å². The molecular weight excluding hydrogens is 334 g/mol. The molecule has 6 heteroatoms. The molecule has 0 atom stereocenters. The van der Waals surface area contributed by atoms with Crippen LogP contribution in [0.15, 0.2) is 29.6 Å². The third-order valence-electron chi connectivity index (χ3n) is 4.43. The molecule has 0 spiro atoms. The second-order valence-electron chi connectivity index (χ2n) is 6.23. The monoisotopic (exact) mass is 359 g/mol. The number of nitrogens with one attached hydrogen (secondary N) is 1. The number of nitrogens with zero attached hydrogens (tertiary/aromatic N) is 2. The second kappa shape index (κ2) is 8.85. The van der Waals surface area contributed by atoms with Gasteiger partial charge in [-0.05, 0) is 30.9 Å². The Balaban J connectivity index is 1.39. The van der Waals surface area contributed by atoms with E-state index in [1.165, 1.54) is 12.8 Å². The van der Waals surface area contributed by atoms with Crippen LogP contribution in [0.4, 0.5) is 5.13 Å². The first kappa shape index (κ1) is 17.7. The van der Waals surface area contributed by atoms with E-state index in [1.807, 2.05) is 24.3 Å². The van der Waals surface area contributed by atoms with Gasteiger partial charge in [0.1, 0.15) is 5.75 Å². The molecule has 134 valence electrons. The molecule has 5 nitrogen and oxygen atoms in total. The van der Waals surface area contributed by atoms with Crippen molar-refractivity contribution in [2.24, 2.45) is 0 Å². The van der Waals surface area contributed by atoms with Crippen LogP contribution < -0.4 is 15.0 Å². The Bertz CT molecular complexity index is 695. The zero-order valence-electron chi connectivity index (χ0n) is 14.7. The summed E-state index contributed by atoms with van der Waals surface area (Å²) in [6, 6.07) is 7.83. The Labute approximate surface area is 153 Å². The Morgan fingerprint density at radius 2 is 2.08 bits per heavy atom. The number of para-hydroxylation sites is 1. The van der Waals surface area contributed by atoms with Crippen molar-refractivity contribution in [3.63, 3.8) is 0 Å². The highest BCUT2D eigenvalue weighted by Gasteiger charge is 2.15. The lowest BCUT2D eigenvalue weighted by Gasteiger charge is -2.12. The Morgan fingerprint density at radius 1 is 1.28 bits per heavy atom. The van der Waals surface area contributed by atoms with Crippen molar-refractivity contribution in [2.75, 3.05) is 31.6 Å². The van der Waals surface area contributed by atoms with Gasteiger partial charge in [0.25, 0.3) is 0 Å². The van der Waals surface area contributed by atoms with Gasteiger partial charge in [-0.3, -0.25) is 4.79 Å². The second-order valence-corrected chi connectivity index (χ2v) is 7.06. The number of benzene rings is 1. The standard InChI is InChI=1S/C19H25N3O2S/c1-24-17-7-3-2-6-15(17)8-9-18(23)20-11-10-16-14-25-19(21-16)22-12-4-5-13-22/h2-3,6-7,14H,4-5,8-13H2,1H3,(H,20,23). The molecule has 1 aliphatic heterocycles. The molecule has 1 fully saturated rings. The first-order valence-electron chi connectivity index (χ1n) is 8.84. The highest BCUT2D eigenvalue weighted by molar-refractivity contribution is 7.13. The SMILES string of the molecule is COc1ccccc1CCC(=O)NCCc1csc(N2CCCC2)n1. The maximum Gasteiger partial charge on any atom is 0.220 e. The molecule has 1 aromatic carbocycles. The molecule has 0 radical (unpaired) electrons. The smallest absolute Gasteiger partial charge is 0.220 e. The molecule has 2 heterocycles. The average molecular weight is 359 g/mol. The molecule has 1 aliphatic rings. The number of hydrogen-bond acceptors (Lipinski definition) is 5. The summed E-state index contributed by atoms with van der Waals surface area (Å²) >= 11 is 1.71. The van der Waals surface area contributed by atoms with Crippen LogP contribution in [0.1, 0.15) is 30.5 Å². The maximum atomic E-state index is 12.0. The van der Waals surface area contributed by atoms with Gasteiger partial charge in [-0.25, -0.2) is 4.98 Å². The number of thiazole rings is 1. The number of anilines is 1. The lowest BCUT2D eigenvalue weighted by atomic mass is 10.1.